The number of carbonyl (C=O) groups is 1. The van der Waals surface area contributed by atoms with E-state index in [4.69, 9.17) is 11.6 Å². The first-order valence-electron chi connectivity index (χ1n) is 8.23. The maximum absolute atomic E-state index is 12.5. The Labute approximate surface area is 151 Å². The van der Waals surface area contributed by atoms with Crippen molar-refractivity contribution in [3.05, 3.63) is 38.9 Å². The van der Waals surface area contributed by atoms with E-state index in [0.29, 0.717) is 22.9 Å². The normalized spacial score (nSPS) is 14.7. The summed E-state index contributed by atoms with van der Waals surface area (Å²) in [4.78, 5) is 23.1. The maximum Gasteiger partial charge on any atom is 0.255 e. The van der Waals surface area contributed by atoms with Gasteiger partial charge in [-0.1, -0.05) is 11.6 Å². The fourth-order valence-electron chi connectivity index (χ4n) is 2.80. The number of aryl methyl sites for hydroxylation is 1. The van der Waals surface area contributed by atoms with Gasteiger partial charge < -0.3 is 10.2 Å². The zero-order chi connectivity index (χ0) is 16.9. The van der Waals surface area contributed by atoms with Gasteiger partial charge in [-0.15, -0.1) is 11.3 Å². The van der Waals surface area contributed by atoms with Gasteiger partial charge in [0.2, 0.25) is 0 Å². The van der Waals surface area contributed by atoms with Crippen molar-refractivity contribution < 1.29 is 4.79 Å². The number of carbonyl (C=O) groups excluding carboxylic acids is 1. The van der Waals surface area contributed by atoms with Gasteiger partial charge in [-0.3, -0.25) is 4.79 Å². The molecule has 2 aromatic heterocycles. The number of hydrogen-bond donors (Lipinski definition) is 1. The van der Waals surface area contributed by atoms with Gasteiger partial charge in [0.1, 0.15) is 5.82 Å². The number of hydrogen-bond acceptors (Lipinski definition) is 5. The van der Waals surface area contributed by atoms with Crippen LogP contribution in [0.2, 0.25) is 5.02 Å². The molecule has 0 unspecified atom stereocenters. The molecule has 1 saturated heterocycles. The van der Waals surface area contributed by atoms with E-state index in [9.17, 15) is 4.79 Å². The number of aromatic nitrogens is 2. The third-order valence-corrected chi connectivity index (χ3v) is 5.18. The lowest BCUT2D eigenvalue weighted by atomic mass is 10.1. The van der Waals surface area contributed by atoms with Crippen molar-refractivity contribution in [2.75, 3.05) is 25.0 Å². The molecule has 1 fully saturated rings. The summed E-state index contributed by atoms with van der Waals surface area (Å²) in [7, 11) is 0. The van der Waals surface area contributed by atoms with E-state index in [1.54, 1.807) is 23.6 Å². The lowest BCUT2D eigenvalue weighted by Gasteiger charge is -2.26. The van der Waals surface area contributed by atoms with Crippen molar-refractivity contribution in [2.45, 2.75) is 32.6 Å². The van der Waals surface area contributed by atoms with Crippen molar-refractivity contribution in [1.29, 1.82) is 0 Å². The Morgan fingerprint density at radius 3 is 2.83 bits per heavy atom. The van der Waals surface area contributed by atoms with E-state index in [2.05, 4.69) is 20.7 Å². The predicted molar refractivity (Wildman–Crippen MR) is 98.0 cm³/mol. The Bertz CT molecular complexity index is 712. The Hall–Kier alpha value is -1.66. The third kappa shape index (κ3) is 4.24. The fourth-order valence-corrected chi connectivity index (χ4v) is 3.68. The molecule has 0 radical (unpaired) electrons. The van der Waals surface area contributed by atoms with Crippen molar-refractivity contribution in [3.63, 3.8) is 0 Å². The Morgan fingerprint density at radius 2 is 2.17 bits per heavy atom. The first-order valence-corrected chi connectivity index (χ1v) is 9.49. The smallest absolute Gasteiger partial charge is 0.255 e. The second kappa shape index (κ2) is 7.94. The second-order valence-corrected chi connectivity index (χ2v) is 7.41. The number of rotatable bonds is 5. The molecule has 24 heavy (non-hydrogen) atoms. The van der Waals surface area contributed by atoms with Crippen molar-refractivity contribution >= 4 is 34.7 Å². The lowest BCUT2D eigenvalue weighted by Crippen LogP contribution is -2.35. The molecular formula is C17H21ClN4OS. The summed E-state index contributed by atoms with van der Waals surface area (Å²) in [6.45, 7) is 4.35. The van der Waals surface area contributed by atoms with Gasteiger partial charge in [0, 0.05) is 37.6 Å². The molecule has 3 heterocycles. The van der Waals surface area contributed by atoms with Crippen LogP contribution < -0.4 is 5.32 Å². The quantitative estimate of drug-likeness (QED) is 0.877. The molecule has 0 saturated carbocycles. The highest BCUT2D eigenvalue weighted by Crippen LogP contribution is 2.22. The van der Waals surface area contributed by atoms with Crippen LogP contribution in [0.25, 0.3) is 0 Å². The molecule has 7 heteroatoms. The van der Waals surface area contributed by atoms with E-state index >= 15 is 0 Å². The van der Waals surface area contributed by atoms with E-state index < -0.39 is 0 Å². The van der Waals surface area contributed by atoms with Crippen LogP contribution in [0.4, 0.5) is 5.82 Å². The van der Waals surface area contributed by atoms with E-state index in [-0.39, 0.29) is 5.91 Å². The van der Waals surface area contributed by atoms with Gasteiger partial charge in [-0.05, 0) is 32.3 Å². The minimum absolute atomic E-state index is 0.0219. The standard InChI is InChI=1S/C17H21ClN4OS/c1-12-21-14(11-24-12)5-6-19-16-15(18)9-13(10-20-16)17(23)22-7-3-2-4-8-22/h9-11H,2-8H2,1H3,(H,19,20). The summed E-state index contributed by atoms with van der Waals surface area (Å²) in [5, 5.41) is 6.83. The van der Waals surface area contributed by atoms with Crippen molar-refractivity contribution in [1.82, 2.24) is 14.9 Å². The van der Waals surface area contributed by atoms with Crippen LogP contribution in [0.15, 0.2) is 17.6 Å². The molecule has 1 N–H and O–H groups in total. The number of nitrogens with zero attached hydrogens (tertiary/aromatic N) is 3. The van der Waals surface area contributed by atoms with Crippen LogP contribution >= 0.6 is 22.9 Å². The largest absolute Gasteiger partial charge is 0.368 e. The molecule has 1 aliphatic rings. The number of nitrogens with one attached hydrogen (secondary N) is 1. The molecule has 0 aliphatic carbocycles. The number of thiazole rings is 1. The molecule has 1 aliphatic heterocycles. The average molecular weight is 365 g/mol. The van der Waals surface area contributed by atoms with E-state index in [0.717, 1.165) is 43.1 Å². The number of pyridine rings is 1. The molecule has 0 atom stereocenters. The summed E-state index contributed by atoms with van der Waals surface area (Å²) >= 11 is 7.94. The second-order valence-electron chi connectivity index (χ2n) is 5.94. The number of amides is 1. The first kappa shape index (κ1) is 17.2. The zero-order valence-electron chi connectivity index (χ0n) is 13.7. The summed E-state index contributed by atoms with van der Waals surface area (Å²) in [6.07, 6.45) is 5.77. The number of halogens is 1. The van der Waals surface area contributed by atoms with Crippen molar-refractivity contribution in [2.24, 2.45) is 0 Å². The highest BCUT2D eigenvalue weighted by molar-refractivity contribution is 7.09. The lowest BCUT2D eigenvalue weighted by molar-refractivity contribution is 0.0724. The molecule has 2 aromatic rings. The highest BCUT2D eigenvalue weighted by atomic mass is 35.5. The van der Waals surface area contributed by atoms with Gasteiger partial charge in [0.05, 0.1) is 21.3 Å². The molecule has 3 rings (SSSR count). The van der Waals surface area contributed by atoms with Crippen LogP contribution in [-0.2, 0) is 6.42 Å². The Balaban J connectivity index is 1.58. The van der Waals surface area contributed by atoms with Gasteiger partial charge in [-0.25, -0.2) is 9.97 Å². The number of piperidine rings is 1. The maximum atomic E-state index is 12.5. The highest BCUT2D eigenvalue weighted by Gasteiger charge is 2.19. The summed E-state index contributed by atoms with van der Waals surface area (Å²) in [5.41, 5.74) is 1.63. The predicted octanol–water partition coefficient (Wildman–Crippen LogP) is 3.78. The minimum atomic E-state index is 0.0219. The van der Waals surface area contributed by atoms with Crippen LogP contribution in [0, 0.1) is 6.92 Å². The topological polar surface area (TPSA) is 58.1 Å². The minimum Gasteiger partial charge on any atom is -0.368 e. The molecule has 0 spiro atoms. The molecule has 0 bridgehead atoms. The molecular weight excluding hydrogens is 344 g/mol. The SMILES string of the molecule is Cc1nc(CCNc2ncc(C(=O)N3CCCCC3)cc2Cl)cs1. The molecule has 1 amide bonds. The summed E-state index contributed by atoms with van der Waals surface area (Å²) < 4.78 is 0. The monoisotopic (exact) mass is 364 g/mol. The first-order chi connectivity index (χ1) is 11.6. The fraction of sp³-hybridized carbons (Fsp3) is 0.471. The van der Waals surface area contributed by atoms with Gasteiger partial charge >= 0.3 is 0 Å². The van der Waals surface area contributed by atoms with E-state index in [1.807, 2.05) is 11.8 Å². The van der Waals surface area contributed by atoms with Gasteiger partial charge in [0.25, 0.3) is 5.91 Å². The summed E-state index contributed by atoms with van der Waals surface area (Å²) in [5.74, 6) is 0.632. The Morgan fingerprint density at radius 1 is 1.38 bits per heavy atom. The van der Waals surface area contributed by atoms with Crippen LogP contribution in [0.3, 0.4) is 0 Å². The molecule has 0 aromatic carbocycles. The van der Waals surface area contributed by atoms with Gasteiger partial charge in [0.15, 0.2) is 0 Å². The van der Waals surface area contributed by atoms with E-state index in [1.165, 1.54) is 6.42 Å². The average Bonchev–Trinajstić information content (AvgIpc) is 3.02. The number of likely N-dealkylation sites (tertiary alicyclic amines) is 1. The van der Waals surface area contributed by atoms with Gasteiger partial charge in [-0.2, -0.15) is 0 Å². The Kier molecular flexibility index (Phi) is 5.68. The summed E-state index contributed by atoms with van der Waals surface area (Å²) in [6, 6.07) is 1.71. The van der Waals surface area contributed by atoms with Crippen LogP contribution in [0.1, 0.15) is 40.3 Å². The molecule has 5 nitrogen and oxygen atoms in total. The van der Waals surface area contributed by atoms with Crippen LogP contribution in [-0.4, -0.2) is 40.4 Å². The zero-order valence-corrected chi connectivity index (χ0v) is 15.3. The number of anilines is 1. The third-order valence-electron chi connectivity index (χ3n) is 4.07. The van der Waals surface area contributed by atoms with Crippen LogP contribution in [0.5, 0.6) is 0 Å². The van der Waals surface area contributed by atoms with Crippen molar-refractivity contribution in [3.8, 4) is 0 Å². The molecule has 128 valence electrons.